The maximum atomic E-state index is 11.7. The molecule has 1 atom stereocenters. The van der Waals surface area contributed by atoms with E-state index in [-0.39, 0.29) is 0 Å². The second kappa shape index (κ2) is 4.59. The predicted molar refractivity (Wildman–Crippen MR) is 55.6 cm³/mol. The lowest BCUT2D eigenvalue weighted by atomic mass is 9.81. The summed E-state index contributed by atoms with van der Waals surface area (Å²) < 4.78 is 0. The van der Waals surface area contributed by atoms with Gasteiger partial charge in [-0.3, -0.25) is 4.79 Å². The molecule has 13 heavy (non-hydrogen) atoms. The zero-order chi connectivity index (χ0) is 9.84. The quantitative estimate of drug-likeness (QED) is 0.649. The molecule has 0 radical (unpaired) electrons. The minimum Gasteiger partial charge on any atom is -0.295 e. The van der Waals surface area contributed by atoms with E-state index in [1.54, 1.807) is 0 Å². The van der Waals surface area contributed by atoms with Crippen LogP contribution in [-0.4, -0.2) is 5.78 Å². The molecule has 0 aliphatic heterocycles. The standard InChI is InChI=1S/C12H20O/c1-4-6-10-7-9(3)8-12(13)11(10)5-2/h9H,4-8H2,1-3H3/t9-/m1/s1. The normalized spacial score (nSPS) is 23.9. The second-order valence-corrected chi connectivity index (χ2v) is 4.12. The van der Waals surface area contributed by atoms with Crippen LogP contribution >= 0.6 is 0 Å². The van der Waals surface area contributed by atoms with E-state index >= 15 is 0 Å². The van der Waals surface area contributed by atoms with E-state index in [0.717, 1.165) is 31.3 Å². The molecule has 1 nitrogen and oxygen atoms in total. The van der Waals surface area contributed by atoms with Crippen molar-refractivity contribution >= 4 is 5.78 Å². The molecule has 0 heterocycles. The summed E-state index contributed by atoms with van der Waals surface area (Å²) in [6.07, 6.45) is 5.15. The van der Waals surface area contributed by atoms with Gasteiger partial charge in [0.25, 0.3) is 0 Å². The van der Waals surface area contributed by atoms with Gasteiger partial charge in [-0.05, 0) is 30.8 Å². The number of ketones is 1. The first-order valence-corrected chi connectivity index (χ1v) is 5.43. The van der Waals surface area contributed by atoms with Gasteiger partial charge in [0.1, 0.15) is 0 Å². The Morgan fingerprint density at radius 3 is 2.54 bits per heavy atom. The minimum absolute atomic E-state index is 0.407. The van der Waals surface area contributed by atoms with Crippen LogP contribution < -0.4 is 0 Å². The Balaban J connectivity index is 2.85. The molecule has 0 aromatic heterocycles. The second-order valence-electron chi connectivity index (χ2n) is 4.12. The van der Waals surface area contributed by atoms with Crippen molar-refractivity contribution in [3.63, 3.8) is 0 Å². The predicted octanol–water partition coefficient (Wildman–Crippen LogP) is 3.49. The highest BCUT2D eigenvalue weighted by atomic mass is 16.1. The molecule has 0 spiro atoms. The summed E-state index contributed by atoms with van der Waals surface area (Å²) in [6, 6.07) is 0. The number of carbonyl (C=O) groups excluding carboxylic acids is 1. The summed E-state index contributed by atoms with van der Waals surface area (Å²) in [7, 11) is 0. The number of rotatable bonds is 3. The number of hydrogen-bond acceptors (Lipinski definition) is 1. The molecule has 0 unspecified atom stereocenters. The number of hydrogen-bond donors (Lipinski definition) is 0. The van der Waals surface area contributed by atoms with Crippen LogP contribution in [0.1, 0.15) is 52.9 Å². The van der Waals surface area contributed by atoms with Gasteiger partial charge in [0.05, 0.1) is 0 Å². The lowest BCUT2D eigenvalue weighted by Gasteiger charge is -2.23. The van der Waals surface area contributed by atoms with Gasteiger partial charge >= 0.3 is 0 Å². The Kier molecular flexibility index (Phi) is 3.71. The van der Waals surface area contributed by atoms with Gasteiger partial charge in [-0.15, -0.1) is 0 Å². The largest absolute Gasteiger partial charge is 0.295 e. The fourth-order valence-electron chi connectivity index (χ4n) is 2.25. The number of carbonyl (C=O) groups is 1. The monoisotopic (exact) mass is 180 g/mol. The maximum absolute atomic E-state index is 11.7. The lowest BCUT2D eigenvalue weighted by molar-refractivity contribution is -0.117. The minimum atomic E-state index is 0.407. The van der Waals surface area contributed by atoms with Crippen molar-refractivity contribution in [1.82, 2.24) is 0 Å². The highest BCUT2D eigenvalue weighted by molar-refractivity contribution is 5.97. The number of allylic oxidation sites excluding steroid dienone is 2. The van der Waals surface area contributed by atoms with Crippen LogP contribution in [0.15, 0.2) is 11.1 Å². The molecule has 0 fully saturated rings. The molecule has 0 saturated carbocycles. The van der Waals surface area contributed by atoms with Gasteiger partial charge in [0, 0.05) is 6.42 Å². The zero-order valence-corrected chi connectivity index (χ0v) is 9.02. The van der Waals surface area contributed by atoms with E-state index in [4.69, 9.17) is 0 Å². The molecule has 0 aromatic carbocycles. The highest BCUT2D eigenvalue weighted by Gasteiger charge is 2.22. The van der Waals surface area contributed by atoms with E-state index in [9.17, 15) is 4.79 Å². The maximum Gasteiger partial charge on any atom is 0.159 e. The molecule has 0 amide bonds. The summed E-state index contributed by atoms with van der Waals surface area (Å²) >= 11 is 0. The molecule has 1 aliphatic carbocycles. The average Bonchev–Trinajstić information content (AvgIpc) is 2.04. The molecule has 0 aromatic rings. The summed E-state index contributed by atoms with van der Waals surface area (Å²) in [5.41, 5.74) is 2.58. The molecule has 1 aliphatic rings. The highest BCUT2D eigenvalue weighted by Crippen LogP contribution is 2.30. The Morgan fingerprint density at radius 1 is 1.31 bits per heavy atom. The molecule has 0 saturated heterocycles. The van der Waals surface area contributed by atoms with E-state index in [0.29, 0.717) is 11.7 Å². The molecule has 1 rings (SSSR count). The van der Waals surface area contributed by atoms with Crippen molar-refractivity contribution in [2.75, 3.05) is 0 Å². The van der Waals surface area contributed by atoms with Crippen molar-refractivity contribution < 1.29 is 4.79 Å². The van der Waals surface area contributed by atoms with Gasteiger partial charge in [0.2, 0.25) is 0 Å². The third-order valence-electron chi connectivity index (χ3n) is 2.80. The van der Waals surface area contributed by atoms with Crippen molar-refractivity contribution in [1.29, 1.82) is 0 Å². The first kappa shape index (κ1) is 10.5. The molecule has 74 valence electrons. The van der Waals surface area contributed by atoms with Crippen molar-refractivity contribution in [2.24, 2.45) is 5.92 Å². The average molecular weight is 180 g/mol. The molecule has 1 heteroatoms. The van der Waals surface area contributed by atoms with Crippen LogP contribution in [0, 0.1) is 5.92 Å². The van der Waals surface area contributed by atoms with Gasteiger partial charge in [-0.2, -0.15) is 0 Å². The summed E-state index contributed by atoms with van der Waals surface area (Å²) in [5.74, 6) is 0.981. The van der Waals surface area contributed by atoms with Gasteiger partial charge in [0.15, 0.2) is 5.78 Å². The van der Waals surface area contributed by atoms with E-state index < -0.39 is 0 Å². The fraction of sp³-hybridized carbons (Fsp3) is 0.750. The van der Waals surface area contributed by atoms with Gasteiger partial charge in [-0.1, -0.05) is 32.8 Å². The van der Waals surface area contributed by atoms with Crippen LogP contribution in [0.25, 0.3) is 0 Å². The molecular weight excluding hydrogens is 160 g/mol. The Labute approximate surface area is 81.2 Å². The Bertz CT molecular complexity index is 225. The Morgan fingerprint density at radius 2 is 2.00 bits per heavy atom. The van der Waals surface area contributed by atoms with Crippen LogP contribution in [0.5, 0.6) is 0 Å². The summed E-state index contributed by atoms with van der Waals surface area (Å²) in [6.45, 7) is 6.46. The molecular formula is C12H20O. The van der Waals surface area contributed by atoms with Gasteiger partial charge < -0.3 is 0 Å². The van der Waals surface area contributed by atoms with Crippen LogP contribution in [0.2, 0.25) is 0 Å². The summed E-state index contributed by atoms with van der Waals surface area (Å²) in [4.78, 5) is 11.7. The third-order valence-corrected chi connectivity index (χ3v) is 2.80. The SMILES string of the molecule is CCCC1=C(CC)C(=O)C[C@H](C)C1. The lowest BCUT2D eigenvalue weighted by Crippen LogP contribution is -2.17. The van der Waals surface area contributed by atoms with E-state index in [1.165, 1.54) is 12.0 Å². The fourth-order valence-corrected chi connectivity index (χ4v) is 2.25. The van der Waals surface area contributed by atoms with Crippen molar-refractivity contribution in [2.45, 2.75) is 52.9 Å². The van der Waals surface area contributed by atoms with Crippen LogP contribution in [0.4, 0.5) is 0 Å². The van der Waals surface area contributed by atoms with Gasteiger partial charge in [-0.25, -0.2) is 0 Å². The topological polar surface area (TPSA) is 17.1 Å². The van der Waals surface area contributed by atoms with Crippen LogP contribution in [-0.2, 0) is 4.79 Å². The third kappa shape index (κ3) is 2.43. The van der Waals surface area contributed by atoms with E-state index in [2.05, 4.69) is 20.8 Å². The Hall–Kier alpha value is -0.590. The van der Waals surface area contributed by atoms with Crippen molar-refractivity contribution in [3.8, 4) is 0 Å². The zero-order valence-electron chi connectivity index (χ0n) is 9.02. The van der Waals surface area contributed by atoms with Crippen LogP contribution in [0.3, 0.4) is 0 Å². The van der Waals surface area contributed by atoms with Crippen molar-refractivity contribution in [3.05, 3.63) is 11.1 Å². The first-order chi connectivity index (χ1) is 6.19. The first-order valence-electron chi connectivity index (χ1n) is 5.43. The molecule has 0 N–H and O–H groups in total. The van der Waals surface area contributed by atoms with E-state index in [1.807, 2.05) is 0 Å². The number of Topliss-reactive ketones (excluding diaryl/α,β-unsaturated/α-hetero) is 1. The summed E-state index contributed by atoms with van der Waals surface area (Å²) in [5, 5.41) is 0. The smallest absolute Gasteiger partial charge is 0.159 e. The molecule has 0 bridgehead atoms.